The van der Waals surface area contributed by atoms with E-state index in [0.717, 1.165) is 16.9 Å². The zero-order chi connectivity index (χ0) is 16.8. The molecule has 5 nitrogen and oxygen atoms in total. The first-order chi connectivity index (χ1) is 11.0. The first-order valence-electron chi connectivity index (χ1n) is 7.52. The standard InChI is InChI=1S/C18H23N3O2/c1-12-4-6-16(13(2)10-12)21-17-7-5-14(19)11-15(17)18(22)20-8-9-23-3/h4-7,10-11,21H,8-9,19H2,1-3H3,(H,20,22). The van der Waals surface area contributed by atoms with Crippen LogP contribution in [-0.4, -0.2) is 26.2 Å². The number of nitrogens with one attached hydrogen (secondary N) is 2. The Morgan fingerprint density at radius 3 is 2.57 bits per heavy atom. The Balaban J connectivity index is 2.26. The topological polar surface area (TPSA) is 76.4 Å². The van der Waals surface area contributed by atoms with Crippen LogP contribution < -0.4 is 16.4 Å². The van der Waals surface area contributed by atoms with Crippen molar-refractivity contribution in [2.75, 3.05) is 31.3 Å². The van der Waals surface area contributed by atoms with E-state index in [9.17, 15) is 4.79 Å². The first-order valence-corrected chi connectivity index (χ1v) is 7.52. The number of anilines is 3. The molecular formula is C18H23N3O2. The molecule has 0 radical (unpaired) electrons. The van der Waals surface area contributed by atoms with Crippen LogP contribution in [0.4, 0.5) is 17.1 Å². The highest BCUT2D eigenvalue weighted by Gasteiger charge is 2.12. The molecule has 0 aliphatic carbocycles. The van der Waals surface area contributed by atoms with Gasteiger partial charge in [-0.15, -0.1) is 0 Å². The van der Waals surface area contributed by atoms with Gasteiger partial charge in [-0.3, -0.25) is 4.79 Å². The van der Waals surface area contributed by atoms with Crippen molar-refractivity contribution in [3.8, 4) is 0 Å². The molecule has 0 saturated carbocycles. The van der Waals surface area contributed by atoms with E-state index in [1.54, 1.807) is 19.2 Å². The number of ether oxygens (including phenoxy) is 1. The SMILES string of the molecule is COCCNC(=O)c1cc(N)ccc1Nc1ccc(C)cc1C. The Hall–Kier alpha value is -2.53. The minimum atomic E-state index is -0.179. The molecule has 122 valence electrons. The molecule has 0 spiro atoms. The maximum Gasteiger partial charge on any atom is 0.253 e. The smallest absolute Gasteiger partial charge is 0.253 e. The predicted molar refractivity (Wildman–Crippen MR) is 94.3 cm³/mol. The molecule has 2 rings (SSSR count). The normalized spacial score (nSPS) is 10.4. The Bertz CT molecular complexity index is 699. The highest BCUT2D eigenvalue weighted by Crippen LogP contribution is 2.26. The van der Waals surface area contributed by atoms with Crippen LogP contribution in [0.5, 0.6) is 0 Å². The van der Waals surface area contributed by atoms with Gasteiger partial charge in [0.1, 0.15) is 0 Å². The monoisotopic (exact) mass is 313 g/mol. The number of carbonyl (C=O) groups is 1. The molecule has 0 fully saturated rings. The highest BCUT2D eigenvalue weighted by atomic mass is 16.5. The lowest BCUT2D eigenvalue weighted by Crippen LogP contribution is -2.27. The van der Waals surface area contributed by atoms with E-state index in [-0.39, 0.29) is 5.91 Å². The molecular weight excluding hydrogens is 290 g/mol. The van der Waals surface area contributed by atoms with E-state index in [1.165, 1.54) is 5.56 Å². The van der Waals surface area contributed by atoms with Gasteiger partial charge in [0, 0.05) is 25.0 Å². The molecule has 2 aromatic rings. The van der Waals surface area contributed by atoms with E-state index in [1.807, 2.05) is 25.1 Å². The average Bonchev–Trinajstić information content (AvgIpc) is 2.51. The van der Waals surface area contributed by atoms with E-state index >= 15 is 0 Å². The third-order valence-electron chi connectivity index (χ3n) is 3.53. The second-order valence-corrected chi connectivity index (χ2v) is 5.50. The third-order valence-corrected chi connectivity index (χ3v) is 3.53. The van der Waals surface area contributed by atoms with Crippen LogP contribution >= 0.6 is 0 Å². The van der Waals surface area contributed by atoms with Gasteiger partial charge < -0.3 is 21.1 Å². The van der Waals surface area contributed by atoms with Crippen molar-refractivity contribution in [1.29, 1.82) is 0 Å². The number of carbonyl (C=O) groups excluding carboxylic acids is 1. The highest BCUT2D eigenvalue weighted by molar-refractivity contribution is 6.01. The number of benzene rings is 2. The average molecular weight is 313 g/mol. The second-order valence-electron chi connectivity index (χ2n) is 5.50. The van der Waals surface area contributed by atoms with Crippen molar-refractivity contribution in [3.05, 3.63) is 53.1 Å². The molecule has 1 amide bonds. The minimum absolute atomic E-state index is 0.179. The summed E-state index contributed by atoms with van der Waals surface area (Å²) in [6.45, 7) is 5.00. The van der Waals surface area contributed by atoms with Gasteiger partial charge >= 0.3 is 0 Å². The molecule has 2 aromatic carbocycles. The van der Waals surface area contributed by atoms with E-state index in [0.29, 0.717) is 24.4 Å². The maximum atomic E-state index is 12.4. The van der Waals surface area contributed by atoms with Gasteiger partial charge in [0.05, 0.1) is 17.9 Å². The summed E-state index contributed by atoms with van der Waals surface area (Å²) in [5.74, 6) is -0.179. The summed E-state index contributed by atoms with van der Waals surface area (Å²) in [6.07, 6.45) is 0. The molecule has 4 N–H and O–H groups in total. The number of aryl methyl sites for hydroxylation is 2. The van der Waals surface area contributed by atoms with Crippen LogP contribution in [-0.2, 0) is 4.74 Å². The number of hydrogen-bond donors (Lipinski definition) is 3. The fraction of sp³-hybridized carbons (Fsp3) is 0.278. The Labute approximate surface area is 136 Å². The van der Waals surface area contributed by atoms with Crippen LogP contribution in [0, 0.1) is 13.8 Å². The Morgan fingerprint density at radius 2 is 1.87 bits per heavy atom. The maximum absolute atomic E-state index is 12.4. The molecule has 0 aliphatic heterocycles. The summed E-state index contributed by atoms with van der Waals surface area (Å²) >= 11 is 0. The van der Waals surface area contributed by atoms with Crippen LogP contribution in [0.2, 0.25) is 0 Å². The molecule has 0 heterocycles. The molecule has 0 aliphatic rings. The third kappa shape index (κ3) is 4.47. The summed E-state index contributed by atoms with van der Waals surface area (Å²) in [4.78, 5) is 12.4. The van der Waals surface area contributed by atoms with Crippen molar-refractivity contribution in [2.24, 2.45) is 0 Å². The Morgan fingerprint density at radius 1 is 1.13 bits per heavy atom. The van der Waals surface area contributed by atoms with Gasteiger partial charge in [-0.25, -0.2) is 0 Å². The fourth-order valence-electron chi connectivity index (χ4n) is 2.32. The van der Waals surface area contributed by atoms with Crippen molar-refractivity contribution >= 4 is 23.0 Å². The molecule has 0 unspecified atom stereocenters. The summed E-state index contributed by atoms with van der Waals surface area (Å²) in [5, 5.41) is 6.14. The predicted octanol–water partition coefficient (Wildman–Crippen LogP) is 3.01. The van der Waals surface area contributed by atoms with Crippen molar-refractivity contribution in [3.63, 3.8) is 0 Å². The summed E-state index contributed by atoms with van der Waals surface area (Å²) < 4.78 is 4.95. The molecule has 23 heavy (non-hydrogen) atoms. The number of amides is 1. The lowest BCUT2D eigenvalue weighted by atomic mass is 10.1. The van der Waals surface area contributed by atoms with Gasteiger partial charge in [0.15, 0.2) is 0 Å². The number of methoxy groups -OCH3 is 1. The van der Waals surface area contributed by atoms with E-state index in [2.05, 4.69) is 23.6 Å². The molecule has 5 heteroatoms. The van der Waals surface area contributed by atoms with Crippen molar-refractivity contribution < 1.29 is 9.53 Å². The largest absolute Gasteiger partial charge is 0.399 e. The van der Waals surface area contributed by atoms with Crippen molar-refractivity contribution in [2.45, 2.75) is 13.8 Å². The lowest BCUT2D eigenvalue weighted by Gasteiger charge is -2.15. The van der Waals surface area contributed by atoms with Crippen LogP contribution in [0.15, 0.2) is 36.4 Å². The fourth-order valence-corrected chi connectivity index (χ4v) is 2.32. The van der Waals surface area contributed by atoms with Gasteiger partial charge in [-0.1, -0.05) is 17.7 Å². The summed E-state index contributed by atoms with van der Waals surface area (Å²) in [5.41, 5.74) is 10.9. The second kappa shape index (κ2) is 7.65. The van der Waals surface area contributed by atoms with Crippen molar-refractivity contribution in [1.82, 2.24) is 5.32 Å². The lowest BCUT2D eigenvalue weighted by molar-refractivity contribution is 0.0938. The summed E-state index contributed by atoms with van der Waals surface area (Å²) in [7, 11) is 1.60. The quantitative estimate of drug-likeness (QED) is 0.566. The first kappa shape index (κ1) is 16.8. The van der Waals surface area contributed by atoms with Gasteiger partial charge in [-0.05, 0) is 43.7 Å². The van der Waals surface area contributed by atoms with E-state index < -0.39 is 0 Å². The van der Waals surface area contributed by atoms with Gasteiger partial charge in [-0.2, -0.15) is 0 Å². The number of nitrogens with two attached hydrogens (primary N) is 1. The molecule has 0 saturated heterocycles. The molecule has 0 aromatic heterocycles. The number of rotatable bonds is 6. The van der Waals surface area contributed by atoms with Crippen LogP contribution in [0.25, 0.3) is 0 Å². The van der Waals surface area contributed by atoms with Gasteiger partial charge in [0.2, 0.25) is 0 Å². The Kier molecular flexibility index (Phi) is 5.60. The van der Waals surface area contributed by atoms with Crippen LogP contribution in [0.3, 0.4) is 0 Å². The van der Waals surface area contributed by atoms with Gasteiger partial charge in [0.25, 0.3) is 5.91 Å². The van der Waals surface area contributed by atoms with E-state index in [4.69, 9.17) is 10.5 Å². The number of nitrogen functional groups attached to an aromatic ring is 1. The molecule has 0 bridgehead atoms. The summed E-state index contributed by atoms with van der Waals surface area (Å²) in [6, 6.07) is 11.4. The number of hydrogen-bond acceptors (Lipinski definition) is 4. The molecule has 0 atom stereocenters. The zero-order valence-electron chi connectivity index (χ0n) is 13.8. The van der Waals surface area contributed by atoms with Crippen LogP contribution in [0.1, 0.15) is 21.5 Å². The minimum Gasteiger partial charge on any atom is -0.399 e. The zero-order valence-corrected chi connectivity index (χ0v) is 13.8.